The molecule has 1 aromatic heterocycles. The molecule has 2 N–H and O–H groups in total. The molecule has 3 nitrogen and oxygen atoms in total. The Bertz CT molecular complexity index is 362. The molecule has 1 aliphatic carbocycles. The summed E-state index contributed by atoms with van der Waals surface area (Å²) >= 11 is 0. The Labute approximate surface area is 71.4 Å². The van der Waals surface area contributed by atoms with E-state index in [4.69, 9.17) is 1.37 Å². The maximum Gasteiger partial charge on any atom is 0.111 e. The van der Waals surface area contributed by atoms with E-state index < -0.39 is 12.2 Å². The topological polar surface area (TPSA) is 53.4 Å². The lowest BCUT2D eigenvalue weighted by atomic mass is 9.97. The summed E-state index contributed by atoms with van der Waals surface area (Å²) in [6.45, 7) is 0. The predicted octanol–water partition coefficient (Wildman–Crippen LogP) is 0.503. The molecule has 1 aromatic rings. The summed E-state index contributed by atoms with van der Waals surface area (Å²) in [5.41, 5.74) is 1.09. The summed E-state index contributed by atoms with van der Waals surface area (Å²) in [4.78, 5) is 3.99. The van der Waals surface area contributed by atoms with E-state index in [1.54, 1.807) is 18.3 Å². The third-order valence-electron chi connectivity index (χ3n) is 1.86. The van der Waals surface area contributed by atoms with Gasteiger partial charge in [0.05, 0.1) is 7.06 Å². The van der Waals surface area contributed by atoms with Gasteiger partial charge in [0.25, 0.3) is 0 Å². The highest BCUT2D eigenvalue weighted by molar-refractivity contribution is 5.54. The van der Waals surface area contributed by atoms with Crippen molar-refractivity contribution in [3.8, 4) is 0 Å². The number of hydrogen-bond acceptors (Lipinski definition) is 3. The van der Waals surface area contributed by atoms with Gasteiger partial charge in [0, 0.05) is 11.8 Å². The zero-order valence-corrected chi connectivity index (χ0v) is 6.31. The van der Waals surface area contributed by atoms with Crippen LogP contribution in [0.2, 0.25) is 0 Å². The first kappa shape index (κ1) is 6.34. The Morgan fingerprint density at radius 1 is 1.50 bits per heavy atom. The van der Waals surface area contributed by atoms with Crippen LogP contribution in [-0.2, 0) is 0 Å². The van der Waals surface area contributed by atoms with E-state index >= 15 is 0 Å². The molecule has 2 atom stereocenters. The average molecular weight is 164 g/mol. The summed E-state index contributed by atoms with van der Waals surface area (Å²) in [6.07, 6.45) is 1.21. The van der Waals surface area contributed by atoms with Gasteiger partial charge < -0.3 is 10.2 Å². The second-order valence-electron chi connectivity index (χ2n) is 2.64. The highest BCUT2D eigenvalue weighted by Crippen LogP contribution is 2.25. The van der Waals surface area contributed by atoms with Crippen LogP contribution in [-0.4, -0.2) is 21.3 Å². The van der Waals surface area contributed by atoms with Gasteiger partial charge in [0.15, 0.2) is 0 Å². The van der Waals surface area contributed by atoms with Gasteiger partial charge in [-0.25, -0.2) is 0 Å². The van der Waals surface area contributed by atoms with Crippen molar-refractivity contribution in [2.45, 2.75) is 12.2 Å². The molecule has 0 amide bonds. The van der Waals surface area contributed by atoms with Gasteiger partial charge >= 0.3 is 0 Å². The van der Waals surface area contributed by atoms with E-state index in [1.807, 2.05) is 0 Å². The average Bonchev–Trinajstić information content (AvgIpc) is 2.13. The molecule has 0 saturated heterocycles. The second kappa shape index (κ2) is 2.69. The monoisotopic (exact) mass is 164 g/mol. The van der Waals surface area contributed by atoms with Gasteiger partial charge in [-0.2, -0.15) is 0 Å². The number of aliphatic hydroxyl groups excluding tert-OH is 1. The van der Waals surface area contributed by atoms with Crippen molar-refractivity contribution in [2.75, 3.05) is 0 Å². The van der Waals surface area contributed by atoms with Crippen molar-refractivity contribution in [3.05, 3.63) is 35.7 Å². The molecule has 1 aliphatic rings. The number of aromatic nitrogens is 1. The van der Waals surface area contributed by atoms with Crippen LogP contribution >= 0.6 is 0 Å². The summed E-state index contributed by atoms with van der Waals surface area (Å²) in [5.74, 6) is 0. The summed E-state index contributed by atoms with van der Waals surface area (Å²) in [5, 5.41) is 19.0. The lowest BCUT2D eigenvalue weighted by Crippen LogP contribution is -2.19. The number of fused-ring (bicyclic) bond motifs is 1. The smallest absolute Gasteiger partial charge is 0.111 e. The predicted molar refractivity (Wildman–Crippen MR) is 44.2 cm³/mol. The van der Waals surface area contributed by atoms with Crippen LogP contribution in [0.3, 0.4) is 0 Å². The van der Waals surface area contributed by atoms with Gasteiger partial charge in [0.1, 0.15) is 12.2 Å². The molecule has 0 saturated carbocycles. The second-order valence-corrected chi connectivity index (χ2v) is 2.64. The molecule has 0 radical (unpaired) electrons. The van der Waals surface area contributed by atoms with Crippen LogP contribution in [0.25, 0.3) is 6.08 Å². The fourth-order valence-corrected chi connectivity index (χ4v) is 1.22. The van der Waals surface area contributed by atoms with Crippen molar-refractivity contribution < 1.29 is 11.6 Å². The quantitative estimate of drug-likeness (QED) is 0.587. The first-order valence-corrected chi connectivity index (χ1v) is 3.66. The van der Waals surface area contributed by atoms with E-state index in [0.29, 0.717) is 11.3 Å². The first-order chi connectivity index (χ1) is 6.11. The number of pyridine rings is 1. The molecule has 2 rings (SSSR count). The zero-order chi connectivity index (χ0) is 9.47. The van der Waals surface area contributed by atoms with E-state index in [1.165, 1.54) is 12.2 Å². The third kappa shape index (κ3) is 1.03. The Kier molecular flexibility index (Phi) is 1.42. The van der Waals surface area contributed by atoms with Crippen LogP contribution in [0, 0.1) is 0 Å². The largest absolute Gasteiger partial charge is 0.386 e. The van der Waals surface area contributed by atoms with Crippen LogP contribution in [0.15, 0.2) is 24.4 Å². The Morgan fingerprint density at radius 3 is 3.17 bits per heavy atom. The number of aliphatic hydroxyl groups is 2. The molecule has 0 bridgehead atoms. The van der Waals surface area contributed by atoms with Crippen molar-refractivity contribution in [1.29, 1.82) is 0 Å². The fraction of sp³-hybridized carbons (Fsp3) is 0.222. The molecular weight excluding hydrogens is 154 g/mol. The minimum Gasteiger partial charge on any atom is -0.386 e. The van der Waals surface area contributed by atoms with Crippen molar-refractivity contribution in [2.24, 2.45) is 0 Å². The van der Waals surface area contributed by atoms with Gasteiger partial charge in [-0.05, 0) is 12.1 Å². The van der Waals surface area contributed by atoms with Gasteiger partial charge in [-0.1, -0.05) is 12.1 Å². The minimum atomic E-state index is -1.93. The van der Waals surface area contributed by atoms with E-state index in [-0.39, 0.29) is 0 Å². The normalized spacial score (nSPS) is 34.2. The Hall–Kier alpha value is -1.19. The van der Waals surface area contributed by atoms with Crippen LogP contribution in [0.1, 0.15) is 18.7 Å². The molecule has 1 heterocycles. The molecule has 0 unspecified atom stereocenters. The van der Waals surface area contributed by atoms with Crippen molar-refractivity contribution in [3.63, 3.8) is 0 Å². The number of rotatable bonds is 0. The maximum absolute atomic E-state index is 9.56. The summed E-state index contributed by atoms with van der Waals surface area (Å²) < 4.78 is 7.35. The van der Waals surface area contributed by atoms with Crippen LogP contribution < -0.4 is 0 Å². The van der Waals surface area contributed by atoms with Crippen molar-refractivity contribution >= 4 is 6.08 Å². The SMILES string of the molecule is [2H][C@@]1(O)C=Cc2ncccc2[C@H]1O. The zero-order valence-electron chi connectivity index (χ0n) is 7.31. The maximum atomic E-state index is 9.56. The molecule has 62 valence electrons. The Morgan fingerprint density at radius 2 is 2.33 bits per heavy atom. The lowest BCUT2D eigenvalue weighted by Gasteiger charge is -2.20. The molecule has 0 aliphatic heterocycles. The van der Waals surface area contributed by atoms with E-state index in [0.717, 1.165) is 0 Å². The first-order valence-electron chi connectivity index (χ1n) is 4.16. The van der Waals surface area contributed by atoms with Crippen molar-refractivity contribution in [1.82, 2.24) is 4.98 Å². The van der Waals surface area contributed by atoms with Crippen LogP contribution in [0.5, 0.6) is 0 Å². The Balaban J connectivity index is 2.55. The number of nitrogens with zero attached hydrogens (tertiary/aromatic N) is 1. The van der Waals surface area contributed by atoms with Gasteiger partial charge in [-0.15, -0.1) is 0 Å². The van der Waals surface area contributed by atoms with Gasteiger partial charge in [0.2, 0.25) is 0 Å². The molecule has 0 spiro atoms. The third-order valence-corrected chi connectivity index (χ3v) is 1.86. The number of hydrogen-bond donors (Lipinski definition) is 2. The van der Waals surface area contributed by atoms with Crippen LogP contribution in [0.4, 0.5) is 0 Å². The van der Waals surface area contributed by atoms with Gasteiger partial charge in [-0.3, -0.25) is 4.98 Å². The van der Waals surface area contributed by atoms with E-state index in [2.05, 4.69) is 4.98 Å². The lowest BCUT2D eigenvalue weighted by molar-refractivity contribution is 0.0467. The summed E-state index contributed by atoms with van der Waals surface area (Å²) in [7, 11) is 0. The highest BCUT2D eigenvalue weighted by atomic mass is 16.3. The standard InChI is InChI=1S/C9H9NO2/c11-8-4-3-7-6(9(8)12)2-1-5-10-7/h1-5,8-9,11-12H/t8-,9-/m1/s1/i8D. The highest BCUT2D eigenvalue weighted by Gasteiger charge is 2.21. The summed E-state index contributed by atoms with van der Waals surface area (Å²) in [6, 6.07) is 3.31. The fourth-order valence-electron chi connectivity index (χ4n) is 1.22. The molecule has 0 fully saturated rings. The molecule has 12 heavy (non-hydrogen) atoms. The minimum absolute atomic E-state index is 0.488. The molecule has 3 heteroatoms. The molecular formula is C9H9NO2. The van der Waals surface area contributed by atoms with E-state index in [9.17, 15) is 10.2 Å². The molecule has 0 aromatic carbocycles.